The smallest absolute Gasteiger partial charge is 0.251 e. The summed E-state index contributed by atoms with van der Waals surface area (Å²) in [6.45, 7) is 2.36. The van der Waals surface area contributed by atoms with Crippen molar-refractivity contribution in [3.05, 3.63) is 71.2 Å². The summed E-state index contributed by atoms with van der Waals surface area (Å²) < 4.78 is 1.94. The van der Waals surface area contributed by atoms with Gasteiger partial charge >= 0.3 is 0 Å². The monoisotopic (exact) mass is 322 g/mol. The van der Waals surface area contributed by atoms with Gasteiger partial charge in [0.25, 0.3) is 5.91 Å². The Hall–Kier alpha value is -3.15. The molecule has 6 nitrogen and oxygen atoms in total. The van der Waals surface area contributed by atoms with Crippen LogP contribution in [0.3, 0.4) is 0 Å². The minimum Gasteiger partial charge on any atom is -0.545 e. The summed E-state index contributed by atoms with van der Waals surface area (Å²) in [4.78, 5) is 27.7. The van der Waals surface area contributed by atoms with Crippen molar-refractivity contribution in [3.8, 4) is 0 Å². The number of hydrogen-bond acceptors (Lipinski definition) is 4. The first-order chi connectivity index (χ1) is 11.6. The molecule has 0 saturated carbocycles. The van der Waals surface area contributed by atoms with Crippen molar-refractivity contribution in [2.24, 2.45) is 0 Å². The first-order valence-corrected chi connectivity index (χ1v) is 7.58. The number of aryl methyl sites for hydroxylation is 1. The van der Waals surface area contributed by atoms with Crippen LogP contribution in [0.15, 0.2) is 48.8 Å². The molecular weight excluding hydrogens is 306 g/mol. The maximum atomic E-state index is 12.2. The third-order valence-electron chi connectivity index (χ3n) is 3.79. The zero-order chi connectivity index (χ0) is 17.1. The molecule has 2 heterocycles. The number of nitrogens with one attached hydrogen (secondary N) is 1. The number of pyridine rings is 1. The fraction of sp³-hybridized carbons (Fsp3) is 0.167. The molecule has 1 aromatic carbocycles. The second-order valence-corrected chi connectivity index (χ2v) is 5.49. The molecule has 0 radical (unpaired) electrons. The van der Waals surface area contributed by atoms with Crippen molar-refractivity contribution in [1.29, 1.82) is 0 Å². The Morgan fingerprint density at radius 2 is 1.92 bits per heavy atom. The standard InChI is InChI=1S/C18H17N3O3/c1-12-5-4-10-21-11-13(20-16(12)21)8-9-19-17(22)14-6-2-3-7-15(14)18(23)24/h2-7,10-11H,8-9H2,1H3,(H,19,22)(H,23,24)/p-1. The van der Waals surface area contributed by atoms with Gasteiger partial charge in [-0.1, -0.05) is 24.3 Å². The fourth-order valence-electron chi connectivity index (χ4n) is 2.58. The van der Waals surface area contributed by atoms with Crippen LogP contribution in [0.2, 0.25) is 0 Å². The lowest BCUT2D eigenvalue weighted by Gasteiger charge is -2.10. The predicted octanol–water partition coefficient (Wildman–Crippen LogP) is 0.979. The van der Waals surface area contributed by atoms with Crippen LogP contribution in [0.25, 0.3) is 5.65 Å². The summed E-state index contributed by atoms with van der Waals surface area (Å²) in [5, 5.41) is 13.8. The van der Waals surface area contributed by atoms with E-state index in [4.69, 9.17) is 0 Å². The highest BCUT2D eigenvalue weighted by Gasteiger charge is 2.11. The molecule has 2 aromatic heterocycles. The maximum absolute atomic E-state index is 12.2. The molecule has 1 amide bonds. The molecule has 0 fully saturated rings. The van der Waals surface area contributed by atoms with Crippen molar-refractivity contribution < 1.29 is 14.7 Å². The average Bonchev–Trinajstić information content (AvgIpc) is 2.99. The lowest BCUT2D eigenvalue weighted by atomic mass is 10.1. The number of carbonyl (C=O) groups excluding carboxylic acids is 2. The number of benzene rings is 1. The van der Waals surface area contributed by atoms with Gasteiger partial charge in [-0.2, -0.15) is 0 Å². The van der Waals surface area contributed by atoms with Crippen LogP contribution in [0.5, 0.6) is 0 Å². The van der Waals surface area contributed by atoms with Crippen LogP contribution in [0.4, 0.5) is 0 Å². The summed E-state index contributed by atoms with van der Waals surface area (Å²) in [6, 6.07) is 9.94. The maximum Gasteiger partial charge on any atom is 0.251 e. The number of amides is 1. The van der Waals surface area contributed by atoms with Crippen LogP contribution >= 0.6 is 0 Å². The lowest BCUT2D eigenvalue weighted by molar-refractivity contribution is -0.255. The van der Waals surface area contributed by atoms with Gasteiger partial charge in [-0.3, -0.25) is 4.79 Å². The minimum absolute atomic E-state index is 0.100. The summed E-state index contributed by atoms with van der Waals surface area (Å²) >= 11 is 0. The Kier molecular flexibility index (Phi) is 4.29. The van der Waals surface area contributed by atoms with E-state index in [1.54, 1.807) is 12.1 Å². The number of hydrogen-bond donors (Lipinski definition) is 1. The molecule has 0 aliphatic heterocycles. The highest BCUT2D eigenvalue weighted by atomic mass is 16.4. The van der Waals surface area contributed by atoms with Gasteiger partial charge in [0.1, 0.15) is 5.65 Å². The number of imidazole rings is 1. The SMILES string of the molecule is Cc1cccn2cc(CCNC(=O)c3ccccc3C(=O)[O-])nc12. The first-order valence-electron chi connectivity index (χ1n) is 7.58. The molecule has 0 unspecified atom stereocenters. The van der Waals surface area contributed by atoms with E-state index in [0.717, 1.165) is 16.9 Å². The minimum atomic E-state index is -1.36. The Morgan fingerprint density at radius 3 is 2.62 bits per heavy atom. The quantitative estimate of drug-likeness (QED) is 0.758. The Labute approximate surface area is 138 Å². The van der Waals surface area contributed by atoms with Crippen molar-refractivity contribution in [1.82, 2.24) is 14.7 Å². The molecule has 122 valence electrons. The van der Waals surface area contributed by atoms with E-state index < -0.39 is 11.9 Å². The van der Waals surface area contributed by atoms with Crippen molar-refractivity contribution in [3.63, 3.8) is 0 Å². The molecule has 3 rings (SSSR count). The van der Waals surface area contributed by atoms with E-state index in [2.05, 4.69) is 10.3 Å². The molecule has 6 heteroatoms. The highest BCUT2D eigenvalue weighted by Crippen LogP contribution is 2.11. The highest BCUT2D eigenvalue weighted by molar-refractivity contribution is 6.04. The molecule has 24 heavy (non-hydrogen) atoms. The van der Waals surface area contributed by atoms with Crippen LogP contribution in [-0.4, -0.2) is 27.8 Å². The molecule has 0 atom stereocenters. The number of rotatable bonds is 5. The van der Waals surface area contributed by atoms with E-state index in [0.29, 0.717) is 13.0 Å². The van der Waals surface area contributed by atoms with E-state index in [-0.39, 0.29) is 11.1 Å². The van der Waals surface area contributed by atoms with Crippen molar-refractivity contribution >= 4 is 17.5 Å². The Balaban J connectivity index is 1.66. The molecule has 3 aromatic rings. The summed E-state index contributed by atoms with van der Waals surface area (Å²) in [7, 11) is 0. The Bertz CT molecular complexity index is 915. The first kappa shape index (κ1) is 15.7. The van der Waals surface area contributed by atoms with Gasteiger partial charge in [0.15, 0.2) is 0 Å². The normalized spacial score (nSPS) is 10.7. The summed E-state index contributed by atoms with van der Waals surface area (Å²) in [5.74, 6) is -1.80. The number of carbonyl (C=O) groups is 2. The van der Waals surface area contributed by atoms with Crippen LogP contribution in [0.1, 0.15) is 32.0 Å². The number of carboxylic acid groups (broad SMARTS) is 1. The zero-order valence-electron chi connectivity index (χ0n) is 13.2. The molecule has 0 aliphatic rings. The largest absolute Gasteiger partial charge is 0.545 e. The van der Waals surface area contributed by atoms with E-state index in [1.807, 2.05) is 35.9 Å². The number of fused-ring (bicyclic) bond motifs is 1. The number of aromatic carboxylic acids is 1. The zero-order valence-corrected chi connectivity index (χ0v) is 13.2. The van der Waals surface area contributed by atoms with Gasteiger partial charge in [0.2, 0.25) is 0 Å². The van der Waals surface area contributed by atoms with E-state index in [9.17, 15) is 14.7 Å². The summed E-state index contributed by atoms with van der Waals surface area (Å²) in [6.07, 6.45) is 4.40. The molecule has 0 spiro atoms. The van der Waals surface area contributed by atoms with Gasteiger partial charge < -0.3 is 19.6 Å². The third-order valence-corrected chi connectivity index (χ3v) is 3.79. The second kappa shape index (κ2) is 6.54. The van der Waals surface area contributed by atoms with Gasteiger partial charge in [-0.05, 0) is 24.6 Å². The van der Waals surface area contributed by atoms with Crippen LogP contribution < -0.4 is 10.4 Å². The Morgan fingerprint density at radius 1 is 1.17 bits per heavy atom. The van der Waals surface area contributed by atoms with Gasteiger partial charge in [0.05, 0.1) is 11.7 Å². The van der Waals surface area contributed by atoms with Crippen LogP contribution in [0, 0.1) is 6.92 Å². The molecule has 1 N–H and O–H groups in total. The van der Waals surface area contributed by atoms with Crippen LogP contribution in [-0.2, 0) is 6.42 Å². The molecule has 0 aliphatic carbocycles. The van der Waals surface area contributed by atoms with Crippen molar-refractivity contribution in [2.75, 3.05) is 6.54 Å². The average molecular weight is 322 g/mol. The molecule has 0 saturated heterocycles. The predicted molar refractivity (Wildman–Crippen MR) is 86.7 cm³/mol. The van der Waals surface area contributed by atoms with Gasteiger partial charge in [0, 0.05) is 36.5 Å². The topological polar surface area (TPSA) is 86.5 Å². The molecule has 0 bridgehead atoms. The second-order valence-electron chi connectivity index (χ2n) is 5.49. The fourth-order valence-corrected chi connectivity index (χ4v) is 2.58. The number of nitrogens with zero attached hydrogens (tertiary/aromatic N) is 2. The molecular formula is C18H16N3O3-. The summed E-state index contributed by atoms with van der Waals surface area (Å²) in [5.41, 5.74) is 2.82. The van der Waals surface area contributed by atoms with Gasteiger partial charge in [-0.25, -0.2) is 4.98 Å². The third kappa shape index (κ3) is 3.12. The number of aromatic nitrogens is 2. The van der Waals surface area contributed by atoms with E-state index in [1.165, 1.54) is 12.1 Å². The van der Waals surface area contributed by atoms with Crippen molar-refractivity contribution in [2.45, 2.75) is 13.3 Å². The van der Waals surface area contributed by atoms with Gasteiger partial charge in [-0.15, -0.1) is 0 Å². The lowest BCUT2D eigenvalue weighted by Crippen LogP contribution is -2.30. The number of carboxylic acids is 1. The van der Waals surface area contributed by atoms with E-state index >= 15 is 0 Å².